The molecular formula is C28H46O5. The van der Waals surface area contributed by atoms with E-state index in [1.807, 2.05) is 0 Å². The number of hydrogen-bond acceptors (Lipinski definition) is 5. The summed E-state index contributed by atoms with van der Waals surface area (Å²) in [7, 11) is 1.29. The quantitative estimate of drug-likeness (QED) is 0.118. The Balaban J connectivity index is 2.06. The second-order valence-corrected chi connectivity index (χ2v) is 8.97. The molecular weight excluding hydrogens is 416 g/mol. The van der Waals surface area contributed by atoms with Crippen molar-refractivity contribution in [1.82, 2.24) is 0 Å². The van der Waals surface area contributed by atoms with Crippen molar-refractivity contribution in [2.24, 2.45) is 0 Å². The standard InChI is InChI=1S/C28H46O5/c1-3-4-5-6-7-8-9-10-11-12-13-14-15-16-17-18-19-33-26-21-24(27(30)23-29)20-25(22-26)28(31)32-2/h20-22,29H,3-19,23H2,1-2H3. The first kappa shape index (κ1) is 29.2. The molecule has 1 aromatic rings. The molecule has 0 aliphatic heterocycles. The average Bonchev–Trinajstić information content (AvgIpc) is 2.84. The maximum atomic E-state index is 11.8. The predicted octanol–water partition coefficient (Wildman–Crippen LogP) is 7.29. The third kappa shape index (κ3) is 14.1. The first-order valence-electron chi connectivity index (χ1n) is 13.1. The van der Waals surface area contributed by atoms with Crippen molar-refractivity contribution in [3.05, 3.63) is 29.3 Å². The lowest BCUT2D eigenvalue weighted by atomic mass is 10.0. The van der Waals surface area contributed by atoms with Crippen molar-refractivity contribution in [1.29, 1.82) is 0 Å². The van der Waals surface area contributed by atoms with Gasteiger partial charge >= 0.3 is 5.97 Å². The van der Waals surface area contributed by atoms with Crippen molar-refractivity contribution in [2.45, 2.75) is 110 Å². The van der Waals surface area contributed by atoms with Crippen LogP contribution in [0.4, 0.5) is 0 Å². The smallest absolute Gasteiger partial charge is 0.338 e. The fourth-order valence-electron chi connectivity index (χ4n) is 4.01. The van der Waals surface area contributed by atoms with E-state index in [0.29, 0.717) is 12.4 Å². The summed E-state index contributed by atoms with van der Waals surface area (Å²) in [4.78, 5) is 23.6. The van der Waals surface area contributed by atoms with E-state index in [-0.39, 0.29) is 11.1 Å². The monoisotopic (exact) mass is 462 g/mol. The van der Waals surface area contributed by atoms with Gasteiger partial charge in [-0.2, -0.15) is 0 Å². The Labute approximate surface area is 201 Å². The number of rotatable bonds is 21. The van der Waals surface area contributed by atoms with Crippen LogP contribution in [-0.4, -0.2) is 37.2 Å². The van der Waals surface area contributed by atoms with E-state index in [4.69, 9.17) is 14.6 Å². The first-order chi connectivity index (χ1) is 16.1. The molecule has 0 radical (unpaired) electrons. The molecule has 5 heteroatoms. The van der Waals surface area contributed by atoms with Gasteiger partial charge in [-0.15, -0.1) is 0 Å². The third-order valence-corrected chi connectivity index (χ3v) is 6.06. The van der Waals surface area contributed by atoms with E-state index in [1.165, 1.54) is 103 Å². The summed E-state index contributed by atoms with van der Waals surface area (Å²) in [5.41, 5.74) is 0.501. The number of esters is 1. The van der Waals surface area contributed by atoms with Gasteiger partial charge in [0.2, 0.25) is 0 Å². The minimum atomic E-state index is -0.608. The van der Waals surface area contributed by atoms with Gasteiger partial charge in [0.1, 0.15) is 12.4 Å². The molecule has 0 saturated carbocycles. The zero-order valence-corrected chi connectivity index (χ0v) is 21.0. The Hall–Kier alpha value is -1.88. The topological polar surface area (TPSA) is 72.8 Å². The second-order valence-electron chi connectivity index (χ2n) is 8.97. The molecule has 0 heterocycles. The van der Waals surface area contributed by atoms with Crippen molar-refractivity contribution in [3.8, 4) is 5.75 Å². The van der Waals surface area contributed by atoms with Crippen molar-refractivity contribution in [2.75, 3.05) is 20.3 Å². The van der Waals surface area contributed by atoms with Crippen LogP contribution in [0, 0.1) is 0 Å². The van der Waals surface area contributed by atoms with Gasteiger partial charge in [0.05, 0.1) is 19.3 Å². The summed E-state index contributed by atoms with van der Waals surface area (Å²) in [6.07, 6.45) is 21.1. The van der Waals surface area contributed by atoms with Crippen molar-refractivity contribution >= 4 is 11.8 Å². The van der Waals surface area contributed by atoms with Crippen molar-refractivity contribution in [3.63, 3.8) is 0 Å². The number of carbonyl (C=O) groups is 2. The lowest BCUT2D eigenvalue weighted by molar-refractivity contribution is 0.0600. The molecule has 0 aromatic heterocycles. The summed E-state index contributed by atoms with van der Waals surface area (Å²) in [5.74, 6) is -0.529. The molecule has 1 aromatic carbocycles. The molecule has 5 nitrogen and oxygen atoms in total. The average molecular weight is 463 g/mol. The van der Waals surface area contributed by atoms with E-state index in [1.54, 1.807) is 12.1 Å². The maximum absolute atomic E-state index is 11.8. The zero-order valence-electron chi connectivity index (χ0n) is 21.0. The van der Waals surface area contributed by atoms with Gasteiger partial charge in [0, 0.05) is 5.56 Å². The molecule has 0 bridgehead atoms. The number of carbonyl (C=O) groups excluding carboxylic acids is 2. The minimum Gasteiger partial charge on any atom is -0.494 e. The van der Waals surface area contributed by atoms with Crippen LogP contribution < -0.4 is 4.74 Å². The number of aliphatic hydroxyl groups is 1. The Morgan fingerprint density at radius 1 is 0.697 bits per heavy atom. The van der Waals surface area contributed by atoms with Crippen LogP contribution in [-0.2, 0) is 4.74 Å². The largest absolute Gasteiger partial charge is 0.494 e. The molecule has 1 N–H and O–H groups in total. The number of unbranched alkanes of at least 4 members (excludes halogenated alkanes) is 15. The Bertz CT molecular complexity index is 621. The first-order valence-corrected chi connectivity index (χ1v) is 13.1. The van der Waals surface area contributed by atoms with E-state index >= 15 is 0 Å². The number of hydrogen-bond donors (Lipinski definition) is 1. The summed E-state index contributed by atoms with van der Waals surface area (Å²) in [5, 5.41) is 9.09. The van der Waals surface area contributed by atoms with Gasteiger partial charge in [0.25, 0.3) is 0 Å². The highest BCUT2D eigenvalue weighted by atomic mass is 16.5. The van der Waals surface area contributed by atoms with Crippen LogP contribution >= 0.6 is 0 Å². The number of Topliss-reactive ketones (excluding diaryl/α,β-unsaturated/α-hetero) is 1. The van der Waals surface area contributed by atoms with E-state index in [2.05, 4.69) is 6.92 Å². The normalized spacial score (nSPS) is 10.9. The van der Waals surface area contributed by atoms with Gasteiger partial charge in [-0.3, -0.25) is 4.79 Å². The number of ketones is 1. The molecule has 0 amide bonds. The predicted molar refractivity (Wildman–Crippen MR) is 134 cm³/mol. The summed E-state index contributed by atoms with van der Waals surface area (Å²) in [6.45, 7) is 2.20. The van der Waals surface area contributed by atoms with Gasteiger partial charge in [-0.1, -0.05) is 103 Å². The Kier molecular flexibility index (Phi) is 17.3. The van der Waals surface area contributed by atoms with Gasteiger partial charge < -0.3 is 14.6 Å². The fraction of sp³-hybridized carbons (Fsp3) is 0.714. The Morgan fingerprint density at radius 2 is 1.15 bits per heavy atom. The molecule has 0 aliphatic carbocycles. The van der Waals surface area contributed by atoms with Crippen LogP contribution in [0.1, 0.15) is 130 Å². The summed E-state index contributed by atoms with van der Waals surface area (Å²) < 4.78 is 10.5. The molecule has 0 fully saturated rings. The van der Waals surface area contributed by atoms with Crippen LogP contribution in [0.2, 0.25) is 0 Å². The highest BCUT2D eigenvalue weighted by Crippen LogP contribution is 2.20. The summed E-state index contributed by atoms with van der Waals surface area (Å²) >= 11 is 0. The van der Waals surface area contributed by atoms with Crippen molar-refractivity contribution < 1.29 is 24.2 Å². The number of ether oxygens (including phenoxy) is 2. The molecule has 0 unspecified atom stereocenters. The second kappa shape index (κ2) is 19.6. The van der Waals surface area contributed by atoms with E-state index in [0.717, 1.165) is 12.8 Å². The van der Waals surface area contributed by atoms with Gasteiger partial charge in [-0.25, -0.2) is 4.79 Å². The molecule has 0 aliphatic rings. The summed E-state index contributed by atoms with van der Waals surface area (Å²) in [6, 6.07) is 4.57. The van der Waals surface area contributed by atoms with E-state index < -0.39 is 18.4 Å². The molecule has 0 saturated heterocycles. The highest BCUT2D eigenvalue weighted by Gasteiger charge is 2.13. The molecule has 33 heavy (non-hydrogen) atoms. The SMILES string of the molecule is CCCCCCCCCCCCCCCCCCOc1cc(C(=O)CO)cc(C(=O)OC)c1. The fourth-order valence-corrected chi connectivity index (χ4v) is 4.01. The minimum absolute atomic E-state index is 0.249. The molecule has 0 spiro atoms. The lowest BCUT2D eigenvalue weighted by Crippen LogP contribution is -2.09. The van der Waals surface area contributed by atoms with Gasteiger partial charge in [0.15, 0.2) is 5.78 Å². The number of aliphatic hydroxyl groups excluding tert-OH is 1. The van der Waals surface area contributed by atoms with Crippen LogP contribution in [0.15, 0.2) is 18.2 Å². The van der Waals surface area contributed by atoms with Crippen LogP contribution in [0.25, 0.3) is 0 Å². The molecule has 1 rings (SSSR count). The van der Waals surface area contributed by atoms with Crippen LogP contribution in [0.3, 0.4) is 0 Å². The molecule has 0 atom stereocenters. The van der Waals surface area contributed by atoms with E-state index in [9.17, 15) is 9.59 Å². The number of benzene rings is 1. The maximum Gasteiger partial charge on any atom is 0.338 e. The van der Waals surface area contributed by atoms with Gasteiger partial charge in [-0.05, 0) is 24.6 Å². The van der Waals surface area contributed by atoms with Crippen LogP contribution in [0.5, 0.6) is 5.75 Å². The highest BCUT2D eigenvalue weighted by molar-refractivity contribution is 6.00. The zero-order chi connectivity index (χ0) is 24.2. The lowest BCUT2D eigenvalue weighted by Gasteiger charge is -2.10. The number of methoxy groups -OCH3 is 1. The Morgan fingerprint density at radius 3 is 1.61 bits per heavy atom. The third-order valence-electron chi connectivity index (χ3n) is 6.06. The molecule has 188 valence electrons.